The second-order valence-electron chi connectivity index (χ2n) is 3.68. The molecule has 2 rings (SSSR count). The van der Waals surface area contributed by atoms with Crippen LogP contribution >= 0.6 is 0 Å². The zero-order chi connectivity index (χ0) is 10.0. The monoisotopic (exact) mass is 198 g/mol. The van der Waals surface area contributed by atoms with Crippen LogP contribution in [0, 0.1) is 0 Å². The summed E-state index contributed by atoms with van der Waals surface area (Å²) in [7, 11) is 0. The number of pyridine rings is 1. The summed E-state index contributed by atoms with van der Waals surface area (Å²) in [6.07, 6.45) is 3.77. The number of nitrogens with zero attached hydrogens (tertiary/aromatic N) is 1. The topological polar surface area (TPSA) is 24.9 Å². The molecule has 1 aliphatic carbocycles. The molecule has 2 nitrogen and oxygen atoms in total. The van der Waals surface area contributed by atoms with Crippen LogP contribution in [-0.4, -0.2) is 16.9 Å². The molecule has 14 heavy (non-hydrogen) atoms. The van der Waals surface area contributed by atoms with Gasteiger partial charge in [0.15, 0.2) is 0 Å². The van der Waals surface area contributed by atoms with E-state index in [1.54, 1.807) is 24.5 Å². The van der Waals surface area contributed by atoms with Gasteiger partial charge in [0, 0.05) is 37.0 Å². The Balaban J connectivity index is 1.94. The predicted octanol–water partition coefficient (Wildman–Crippen LogP) is 2.68. The summed E-state index contributed by atoms with van der Waals surface area (Å²) in [5.41, 5.74) is 0.864. The van der Waals surface area contributed by atoms with E-state index in [-0.39, 0.29) is 18.9 Å². The molecule has 4 heteroatoms. The first-order valence-corrected chi connectivity index (χ1v) is 4.70. The van der Waals surface area contributed by atoms with Crippen molar-refractivity contribution in [2.45, 2.75) is 31.2 Å². The summed E-state index contributed by atoms with van der Waals surface area (Å²) in [6, 6.07) is 3.47. The molecule has 0 radical (unpaired) electrons. The lowest BCUT2D eigenvalue weighted by Gasteiger charge is -2.13. The Labute approximate surface area is 81.4 Å². The van der Waals surface area contributed by atoms with Crippen molar-refractivity contribution in [1.29, 1.82) is 0 Å². The molecule has 0 bridgehead atoms. The minimum absolute atomic E-state index is 0.00422. The molecule has 76 valence electrons. The molecule has 1 N–H and O–H groups in total. The van der Waals surface area contributed by atoms with E-state index in [0.717, 1.165) is 5.69 Å². The van der Waals surface area contributed by atoms with E-state index >= 15 is 0 Å². The lowest BCUT2D eigenvalue weighted by Crippen LogP contribution is -2.18. The molecule has 0 aliphatic heterocycles. The Morgan fingerprint density at radius 1 is 1.36 bits per heavy atom. The smallest absolute Gasteiger partial charge is 0.250 e. The van der Waals surface area contributed by atoms with Crippen molar-refractivity contribution in [2.75, 3.05) is 5.32 Å². The van der Waals surface area contributed by atoms with E-state index in [2.05, 4.69) is 10.3 Å². The fourth-order valence-corrected chi connectivity index (χ4v) is 1.76. The molecule has 1 saturated carbocycles. The third-order valence-electron chi connectivity index (χ3n) is 2.45. The molecule has 1 aliphatic rings. The summed E-state index contributed by atoms with van der Waals surface area (Å²) in [5, 5.41) is 3.08. The Bertz CT molecular complexity index is 300. The fourth-order valence-electron chi connectivity index (χ4n) is 1.76. The summed E-state index contributed by atoms with van der Waals surface area (Å²) < 4.78 is 25.7. The van der Waals surface area contributed by atoms with E-state index in [1.807, 2.05) is 0 Å². The van der Waals surface area contributed by atoms with Gasteiger partial charge in [0.25, 0.3) is 0 Å². The van der Waals surface area contributed by atoms with Crippen LogP contribution in [0.15, 0.2) is 24.5 Å². The number of rotatable bonds is 2. The van der Waals surface area contributed by atoms with E-state index in [9.17, 15) is 8.78 Å². The van der Waals surface area contributed by atoms with Crippen molar-refractivity contribution < 1.29 is 8.78 Å². The highest BCUT2D eigenvalue weighted by molar-refractivity contribution is 5.42. The molecule has 1 fully saturated rings. The van der Waals surface area contributed by atoms with Gasteiger partial charge >= 0.3 is 0 Å². The van der Waals surface area contributed by atoms with Crippen molar-refractivity contribution in [3.8, 4) is 0 Å². The zero-order valence-corrected chi connectivity index (χ0v) is 7.71. The molecule has 0 aromatic carbocycles. The third-order valence-corrected chi connectivity index (χ3v) is 2.45. The molecule has 1 heterocycles. The minimum atomic E-state index is -2.48. The van der Waals surface area contributed by atoms with Crippen LogP contribution in [0.25, 0.3) is 0 Å². The molecule has 1 aromatic heterocycles. The SMILES string of the molecule is FC1(F)CCC(Nc2ccncc2)C1. The molecule has 1 aromatic rings. The maximum Gasteiger partial charge on any atom is 0.250 e. The summed E-state index contributed by atoms with van der Waals surface area (Å²) in [5.74, 6) is -2.48. The van der Waals surface area contributed by atoms with Crippen molar-refractivity contribution in [2.24, 2.45) is 0 Å². The van der Waals surface area contributed by atoms with Gasteiger partial charge in [-0.05, 0) is 18.6 Å². The number of hydrogen-bond donors (Lipinski definition) is 1. The first kappa shape index (κ1) is 9.37. The zero-order valence-electron chi connectivity index (χ0n) is 7.71. The summed E-state index contributed by atoms with van der Waals surface area (Å²) in [6.45, 7) is 0. The van der Waals surface area contributed by atoms with Gasteiger partial charge in [-0.15, -0.1) is 0 Å². The van der Waals surface area contributed by atoms with Crippen LogP contribution < -0.4 is 5.32 Å². The number of anilines is 1. The largest absolute Gasteiger partial charge is 0.382 e. The van der Waals surface area contributed by atoms with Crippen LogP contribution in [0.3, 0.4) is 0 Å². The van der Waals surface area contributed by atoms with Gasteiger partial charge in [-0.3, -0.25) is 4.98 Å². The summed E-state index contributed by atoms with van der Waals surface area (Å²) >= 11 is 0. The van der Waals surface area contributed by atoms with Gasteiger partial charge in [0.05, 0.1) is 0 Å². The number of halogens is 2. The van der Waals surface area contributed by atoms with Gasteiger partial charge in [0.1, 0.15) is 0 Å². The highest BCUT2D eigenvalue weighted by Crippen LogP contribution is 2.36. The van der Waals surface area contributed by atoms with E-state index in [0.29, 0.717) is 6.42 Å². The molecule has 1 unspecified atom stereocenters. The van der Waals surface area contributed by atoms with Crippen molar-refractivity contribution in [1.82, 2.24) is 4.98 Å². The van der Waals surface area contributed by atoms with Crippen LogP contribution in [0.1, 0.15) is 19.3 Å². The quantitative estimate of drug-likeness (QED) is 0.790. The van der Waals surface area contributed by atoms with Crippen LogP contribution in [-0.2, 0) is 0 Å². The Morgan fingerprint density at radius 3 is 2.64 bits per heavy atom. The normalized spacial score (nSPS) is 24.9. The number of nitrogens with one attached hydrogen (secondary N) is 1. The second-order valence-corrected chi connectivity index (χ2v) is 3.68. The van der Waals surface area contributed by atoms with Gasteiger partial charge in [0.2, 0.25) is 5.92 Å². The molecular formula is C10H12F2N2. The van der Waals surface area contributed by atoms with Crippen molar-refractivity contribution >= 4 is 5.69 Å². The van der Waals surface area contributed by atoms with Crippen molar-refractivity contribution in [3.63, 3.8) is 0 Å². The lowest BCUT2D eigenvalue weighted by molar-refractivity contribution is 0.00853. The standard InChI is InChI=1S/C10H12F2N2/c11-10(12)4-1-9(7-10)14-8-2-5-13-6-3-8/h2-3,5-6,9H,1,4,7H2,(H,13,14). The van der Waals surface area contributed by atoms with Crippen LogP contribution in [0.5, 0.6) is 0 Å². The molecule has 0 spiro atoms. The third kappa shape index (κ3) is 2.19. The Hall–Kier alpha value is -1.19. The average molecular weight is 198 g/mol. The fraction of sp³-hybridized carbons (Fsp3) is 0.500. The number of hydrogen-bond acceptors (Lipinski definition) is 2. The first-order valence-electron chi connectivity index (χ1n) is 4.70. The van der Waals surface area contributed by atoms with Gasteiger partial charge in [-0.2, -0.15) is 0 Å². The highest BCUT2D eigenvalue weighted by atomic mass is 19.3. The van der Waals surface area contributed by atoms with Crippen LogP contribution in [0.2, 0.25) is 0 Å². The molecule has 0 saturated heterocycles. The molecule has 1 atom stereocenters. The Kier molecular flexibility index (Phi) is 2.35. The van der Waals surface area contributed by atoms with E-state index < -0.39 is 5.92 Å². The average Bonchev–Trinajstić information content (AvgIpc) is 2.47. The van der Waals surface area contributed by atoms with Gasteiger partial charge in [-0.25, -0.2) is 8.78 Å². The van der Waals surface area contributed by atoms with Crippen molar-refractivity contribution in [3.05, 3.63) is 24.5 Å². The first-order chi connectivity index (χ1) is 6.66. The van der Waals surface area contributed by atoms with Gasteiger partial charge in [-0.1, -0.05) is 0 Å². The van der Waals surface area contributed by atoms with E-state index in [4.69, 9.17) is 0 Å². The number of alkyl halides is 2. The maximum absolute atomic E-state index is 12.8. The van der Waals surface area contributed by atoms with E-state index in [1.165, 1.54) is 0 Å². The predicted molar refractivity (Wildman–Crippen MR) is 50.4 cm³/mol. The van der Waals surface area contributed by atoms with Gasteiger partial charge < -0.3 is 5.32 Å². The Morgan fingerprint density at radius 2 is 2.07 bits per heavy atom. The highest BCUT2D eigenvalue weighted by Gasteiger charge is 2.39. The minimum Gasteiger partial charge on any atom is -0.382 e. The van der Waals surface area contributed by atoms with Crippen LogP contribution in [0.4, 0.5) is 14.5 Å². The second kappa shape index (κ2) is 3.52. The lowest BCUT2D eigenvalue weighted by atomic mass is 10.2. The molecule has 0 amide bonds. The molecular weight excluding hydrogens is 186 g/mol. The number of aromatic nitrogens is 1. The maximum atomic E-state index is 12.8. The summed E-state index contributed by atoms with van der Waals surface area (Å²) in [4.78, 5) is 3.86.